The van der Waals surface area contributed by atoms with Gasteiger partial charge in [0, 0.05) is 13.1 Å². The summed E-state index contributed by atoms with van der Waals surface area (Å²) in [7, 11) is 0. The maximum absolute atomic E-state index is 12.8. The molecule has 16 heavy (non-hydrogen) atoms. The summed E-state index contributed by atoms with van der Waals surface area (Å²) < 4.78 is 30.6. The molecule has 2 rings (SSSR count). The van der Waals surface area contributed by atoms with Gasteiger partial charge in [0.2, 0.25) is 0 Å². The Kier molecular flexibility index (Phi) is 3.85. The first kappa shape index (κ1) is 11.5. The van der Waals surface area contributed by atoms with Crippen LogP contribution in [0.4, 0.5) is 8.78 Å². The van der Waals surface area contributed by atoms with Gasteiger partial charge in [0.1, 0.15) is 0 Å². The molecule has 1 atom stereocenters. The predicted octanol–water partition coefficient (Wildman–Crippen LogP) is 2.15. The Morgan fingerprint density at radius 2 is 2.06 bits per heavy atom. The molecule has 88 valence electrons. The molecule has 1 aromatic carbocycles. The van der Waals surface area contributed by atoms with Crippen LogP contribution in [0, 0.1) is 0 Å². The molecule has 0 aliphatic carbocycles. The molecule has 0 radical (unpaired) electrons. The number of alkyl halides is 2. The highest BCUT2D eigenvalue weighted by Gasteiger charge is 2.30. The van der Waals surface area contributed by atoms with Crippen molar-refractivity contribution in [2.45, 2.75) is 19.0 Å². The molecule has 0 spiro atoms. The van der Waals surface area contributed by atoms with Crippen LogP contribution in [0.5, 0.6) is 0 Å². The summed E-state index contributed by atoms with van der Waals surface area (Å²) in [6.45, 7) is 1.81. The van der Waals surface area contributed by atoms with Crippen LogP contribution in [-0.2, 0) is 11.3 Å². The third-order valence-electron chi connectivity index (χ3n) is 2.80. The first-order valence-electron chi connectivity index (χ1n) is 5.41. The molecule has 0 aromatic heterocycles. The Labute approximate surface area is 93.8 Å². The molecule has 1 fully saturated rings. The molecule has 1 heterocycles. The lowest BCUT2D eigenvalue weighted by Gasteiger charge is -2.34. The van der Waals surface area contributed by atoms with Gasteiger partial charge in [0.25, 0.3) is 6.43 Å². The SMILES string of the molecule is FC(F)[C@H]1COCCN1Cc1ccccc1. The minimum absolute atomic E-state index is 0.129. The number of rotatable bonds is 3. The topological polar surface area (TPSA) is 12.5 Å². The Morgan fingerprint density at radius 1 is 1.31 bits per heavy atom. The van der Waals surface area contributed by atoms with Crippen molar-refractivity contribution in [2.24, 2.45) is 0 Å². The summed E-state index contributed by atoms with van der Waals surface area (Å²) in [5.74, 6) is 0. The second-order valence-electron chi connectivity index (χ2n) is 3.93. The summed E-state index contributed by atoms with van der Waals surface area (Å²) in [6, 6.07) is 8.91. The molecule has 2 nitrogen and oxygen atoms in total. The van der Waals surface area contributed by atoms with E-state index in [9.17, 15) is 8.78 Å². The fraction of sp³-hybridized carbons (Fsp3) is 0.500. The third-order valence-corrected chi connectivity index (χ3v) is 2.80. The normalized spacial score (nSPS) is 22.6. The number of hydrogen-bond donors (Lipinski definition) is 0. The molecule has 1 saturated heterocycles. The first-order valence-corrected chi connectivity index (χ1v) is 5.41. The summed E-state index contributed by atoms with van der Waals surface area (Å²) >= 11 is 0. The third kappa shape index (κ3) is 2.77. The van der Waals surface area contributed by atoms with Crippen LogP contribution < -0.4 is 0 Å². The maximum atomic E-state index is 12.8. The number of benzene rings is 1. The zero-order valence-corrected chi connectivity index (χ0v) is 8.98. The Bertz CT molecular complexity index is 318. The minimum Gasteiger partial charge on any atom is -0.378 e. The van der Waals surface area contributed by atoms with Crippen molar-refractivity contribution in [3.63, 3.8) is 0 Å². The van der Waals surface area contributed by atoms with Crippen LogP contribution in [-0.4, -0.2) is 37.1 Å². The summed E-state index contributed by atoms with van der Waals surface area (Å²) in [6.07, 6.45) is -2.34. The van der Waals surface area contributed by atoms with Crippen LogP contribution in [0.2, 0.25) is 0 Å². The van der Waals surface area contributed by atoms with Gasteiger partial charge in [0.05, 0.1) is 19.3 Å². The van der Waals surface area contributed by atoms with Gasteiger partial charge in [-0.05, 0) is 5.56 Å². The first-order chi connectivity index (χ1) is 7.77. The van der Waals surface area contributed by atoms with Gasteiger partial charge < -0.3 is 4.74 Å². The van der Waals surface area contributed by atoms with Gasteiger partial charge in [-0.2, -0.15) is 0 Å². The van der Waals surface area contributed by atoms with E-state index < -0.39 is 12.5 Å². The number of hydrogen-bond acceptors (Lipinski definition) is 2. The lowest BCUT2D eigenvalue weighted by molar-refractivity contribution is -0.0743. The quantitative estimate of drug-likeness (QED) is 0.784. The fourth-order valence-electron chi connectivity index (χ4n) is 1.90. The Hall–Kier alpha value is -1.00. The van der Waals surface area contributed by atoms with Crippen molar-refractivity contribution in [2.75, 3.05) is 19.8 Å². The van der Waals surface area contributed by atoms with Gasteiger partial charge in [-0.3, -0.25) is 4.90 Å². The number of nitrogens with zero attached hydrogens (tertiary/aromatic N) is 1. The second-order valence-corrected chi connectivity index (χ2v) is 3.93. The van der Waals surface area contributed by atoms with Gasteiger partial charge >= 0.3 is 0 Å². The van der Waals surface area contributed by atoms with Crippen molar-refractivity contribution in [1.82, 2.24) is 4.90 Å². The maximum Gasteiger partial charge on any atom is 0.256 e. The summed E-state index contributed by atoms with van der Waals surface area (Å²) in [4.78, 5) is 1.80. The molecule has 1 aromatic rings. The van der Waals surface area contributed by atoms with E-state index in [-0.39, 0.29) is 6.61 Å². The van der Waals surface area contributed by atoms with E-state index in [1.807, 2.05) is 30.3 Å². The molecule has 0 amide bonds. The summed E-state index contributed by atoms with van der Waals surface area (Å²) in [5, 5.41) is 0. The molecular formula is C12H15F2NO. The fourth-order valence-corrected chi connectivity index (χ4v) is 1.90. The van der Waals surface area contributed by atoms with Gasteiger partial charge in [-0.1, -0.05) is 30.3 Å². The largest absolute Gasteiger partial charge is 0.378 e. The van der Waals surface area contributed by atoms with Crippen molar-refractivity contribution in [3.05, 3.63) is 35.9 Å². The van der Waals surface area contributed by atoms with Crippen LogP contribution in [0.25, 0.3) is 0 Å². The van der Waals surface area contributed by atoms with Gasteiger partial charge in [0.15, 0.2) is 0 Å². The standard InChI is InChI=1S/C12H15F2NO/c13-12(14)11-9-16-7-6-15(11)8-10-4-2-1-3-5-10/h1-5,11-12H,6-9H2/t11-/m1/s1. The van der Waals surface area contributed by atoms with E-state index in [4.69, 9.17) is 4.74 Å². The highest BCUT2D eigenvalue weighted by molar-refractivity contribution is 5.14. The van der Waals surface area contributed by atoms with Crippen molar-refractivity contribution in [1.29, 1.82) is 0 Å². The minimum atomic E-state index is -2.34. The van der Waals surface area contributed by atoms with E-state index in [0.29, 0.717) is 19.7 Å². The number of ether oxygens (including phenoxy) is 1. The summed E-state index contributed by atoms with van der Waals surface area (Å²) in [5.41, 5.74) is 1.06. The molecule has 0 N–H and O–H groups in total. The van der Waals surface area contributed by atoms with Gasteiger partial charge in [-0.25, -0.2) is 8.78 Å². The zero-order chi connectivity index (χ0) is 11.4. The average molecular weight is 227 g/mol. The van der Waals surface area contributed by atoms with E-state index in [0.717, 1.165) is 5.56 Å². The predicted molar refractivity (Wildman–Crippen MR) is 57.5 cm³/mol. The Balaban J connectivity index is 2.01. The van der Waals surface area contributed by atoms with E-state index >= 15 is 0 Å². The van der Waals surface area contributed by atoms with E-state index in [1.54, 1.807) is 4.90 Å². The van der Waals surface area contributed by atoms with Crippen LogP contribution in [0.3, 0.4) is 0 Å². The van der Waals surface area contributed by atoms with Crippen molar-refractivity contribution in [3.8, 4) is 0 Å². The smallest absolute Gasteiger partial charge is 0.256 e. The number of morpholine rings is 1. The molecule has 0 unspecified atom stereocenters. The molecule has 4 heteroatoms. The van der Waals surface area contributed by atoms with Crippen LogP contribution >= 0.6 is 0 Å². The molecule has 1 aliphatic heterocycles. The number of halogens is 2. The van der Waals surface area contributed by atoms with Gasteiger partial charge in [-0.15, -0.1) is 0 Å². The monoisotopic (exact) mass is 227 g/mol. The Morgan fingerprint density at radius 3 is 2.75 bits per heavy atom. The van der Waals surface area contributed by atoms with Crippen LogP contribution in [0.15, 0.2) is 30.3 Å². The lowest BCUT2D eigenvalue weighted by Crippen LogP contribution is -2.48. The molecule has 0 saturated carbocycles. The zero-order valence-electron chi connectivity index (χ0n) is 8.98. The van der Waals surface area contributed by atoms with Crippen molar-refractivity contribution >= 4 is 0 Å². The van der Waals surface area contributed by atoms with Crippen LogP contribution in [0.1, 0.15) is 5.56 Å². The average Bonchev–Trinajstić information content (AvgIpc) is 2.31. The highest BCUT2D eigenvalue weighted by atomic mass is 19.3. The highest BCUT2D eigenvalue weighted by Crippen LogP contribution is 2.17. The van der Waals surface area contributed by atoms with Crippen molar-refractivity contribution < 1.29 is 13.5 Å². The van der Waals surface area contributed by atoms with E-state index in [2.05, 4.69) is 0 Å². The van der Waals surface area contributed by atoms with E-state index in [1.165, 1.54) is 0 Å². The molecule has 0 bridgehead atoms. The molecular weight excluding hydrogens is 212 g/mol. The molecule has 1 aliphatic rings. The second kappa shape index (κ2) is 5.37. The lowest BCUT2D eigenvalue weighted by atomic mass is 10.1.